The van der Waals surface area contributed by atoms with Gasteiger partial charge in [0.1, 0.15) is 5.52 Å². The third kappa shape index (κ3) is 2.85. The predicted molar refractivity (Wildman–Crippen MR) is 92.5 cm³/mol. The van der Waals surface area contributed by atoms with Crippen molar-refractivity contribution in [1.29, 1.82) is 0 Å². The summed E-state index contributed by atoms with van der Waals surface area (Å²) in [4.78, 5) is 11.1. The molecule has 4 heteroatoms. The maximum Gasteiger partial charge on any atom is 0.228 e. The van der Waals surface area contributed by atoms with Crippen LogP contribution in [0.25, 0.3) is 22.6 Å². The minimum atomic E-state index is 0.631. The van der Waals surface area contributed by atoms with Crippen LogP contribution in [0.3, 0.4) is 0 Å². The first-order chi connectivity index (χ1) is 11.3. The largest absolute Gasteiger partial charge is 0.436 e. The summed E-state index contributed by atoms with van der Waals surface area (Å²) < 4.78 is 5.94. The van der Waals surface area contributed by atoms with Gasteiger partial charge in [0.15, 0.2) is 5.58 Å². The van der Waals surface area contributed by atoms with Crippen molar-refractivity contribution in [3.8, 4) is 11.5 Å². The van der Waals surface area contributed by atoms with Crippen molar-refractivity contribution in [3.05, 3.63) is 72.6 Å². The summed E-state index contributed by atoms with van der Waals surface area (Å²) in [5.41, 5.74) is 3.82. The van der Waals surface area contributed by atoms with E-state index in [1.807, 2.05) is 48.7 Å². The SMILES string of the molecule is Cc1ccc2oc(-c3ccncc3Sc3ccccc3)nc2c1. The van der Waals surface area contributed by atoms with Gasteiger partial charge in [-0.05, 0) is 42.8 Å². The van der Waals surface area contributed by atoms with Gasteiger partial charge in [-0.2, -0.15) is 0 Å². The highest BCUT2D eigenvalue weighted by Gasteiger charge is 2.13. The van der Waals surface area contributed by atoms with E-state index in [1.54, 1.807) is 18.0 Å². The molecule has 23 heavy (non-hydrogen) atoms. The van der Waals surface area contributed by atoms with Crippen LogP contribution in [0.1, 0.15) is 5.56 Å². The van der Waals surface area contributed by atoms with Gasteiger partial charge in [-0.1, -0.05) is 36.0 Å². The van der Waals surface area contributed by atoms with Crippen LogP contribution < -0.4 is 0 Å². The first kappa shape index (κ1) is 14.0. The molecule has 0 fully saturated rings. The smallest absolute Gasteiger partial charge is 0.228 e. The van der Waals surface area contributed by atoms with Gasteiger partial charge in [-0.15, -0.1) is 0 Å². The number of benzene rings is 2. The molecule has 4 rings (SSSR count). The topological polar surface area (TPSA) is 38.9 Å². The van der Waals surface area contributed by atoms with E-state index in [0.29, 0.717) is 5.89 Å². The van der Waals surface area contributed by atoms with Crippen molar-refractivity contribution >= 4 is 22.9 Å². The Morgan fingerprint density at radius 3 is 2.74 bits per heavy atom. The van der Waals surface area contributed by atoms with Gasteiger partial charge in [-0.3, -0.25) is 4.98 Å². The molecule has 0 atom stereocenters. The molecule has 0 saturated carbocycles. The third-order valence-corrected chi connectivity index (χ3v) is 4.58. The van der Waals surface area contributed by atoms with Crippen LogP contribution in [0.5, 0.6) is 0 Å². The molecule has 0 N–H and O–H groups in total. The van der Waals surface area contributed by atoms with Crippen LogP contribution in [0.4, 0.5) is 0 Å². The molecule has 2 aromatic carbocycles. The summed E-state index contributed by atoms with van der Waals surface area (Å²) in [5, 5.41) is 0. The maximum absolute atomic E-state index is 5.94. The van der Waals surface area contributed by atoms with Crippen LogP contribution >= 0.6 is 11.8 Å². The van der Waals surface area contributed by atoms with Crippen LogP contribution in [0.2, 0.25) is 0 Å². The second-order valence-electron chi connectivity index (χ2n) is 5.28. The highest BCUT2D eigenvalue weighted by Crippen LogP contribution is 2.36. The Hall–Kier alpha value is -2.59. The van der Waals surface area contributed by atoms with Gasteiger partial charge in [0.25, 0.3) is 0 Å². The average Bonchev–Trinajstić information content (AvgIpc) is 2.99. The fourth-order valence-electron chi connectivity index (χ4n) is 2.41. The van der Waals surface area contributed by atoms with Gasteiger partial charge >= 0.3 is 0 Å². The average molecular weight is 318 g/mol. The van der Waals surface area contributed by atoms with E-state index in [9.17, 15) is 0 Å². The molecule has 0 bridgehead atoms. The predicted octanol–water partition coefficient (Wildman–Crippen LogP) is 5.35. The molecule has 0 saturated heterocycles. The second kappa shape index (κ2) is 5.89. The van der Waals surface area contributed by atoms with Gasteiger partial charge in [0.05, 0.1) is 5.56 Å². The van der Waals surface area contributed by atoms with Crippen molar-refractivity contribution in [3.63, 3.8) is 0 Å². The van der Waals surface area contributed by atoms with Crippen molar-refractivity contribution in [1.82, 2.24) is 9.97 Å². The molecule has 0 amide bonds. The number of hydrogen-bond acceptors (Lipinski definition) is 4. The Labute approximate surface area is 138 Å². The number of hydrogen-bond donors (Lipinski definition) is 0. The summed E-state index contributed by atoms with van der Waals surface area (Å²) in [6.45, 7) is 2.05. The zero-order valence-corrected chi connectivity index (χ0v) is 13.4. The van der Waals surface area contributed by atoms with E-state index in [2.05, 4.69) is 29.0 Å². The molecule has 0 radical (unpaired) electrons. The first-order valence-electron chi connectivity index (χ1n) is 7.34. The molecule has 0 unspecified atom stereocenters. The highest BCUT2D eigenvalue weighted by molar-refractivity contribution is 7.99. The number of rotatable bonds is 3. The fraction of sp³-hybridized carbons (Fsp3) is 0.0526. The lowest BCUT2D eigenvalue weighted by Crippen LogP contribution is -1.84. The van der Waals surface area contributed by atoms with Crippen LogP contribution in [0, 0.1) is 6.92 Å². The lowest BCUT2D eigenvalue weighted by atomic mass is 10.2. The second-order valence-corrected chi connectivity index (χ2v) is 6.39. The zero-order valence-electron chi connectivity index (χ0n) is 12.6. The van der Waals surface area contributed by atoms with Gasteiger partial charge in [-0.25, -0.2) is 4.98 Å². The van der Waals surface area contributed by atoms with E-state index in [0.717, 1.165) is 26.5 Å². The third-order valence-electron chi connectivity index (χ3n) is 3.53. The van der Waals surface area contributed by atoms with Gasteiger partial charge in [0.2, 0.25) is 5.89 Å². The number of oxazole rings is 1. The summed E-state index contributed by atoms with van der Waals surface area (Å²) in [6.07, 6.45) is 3.62. The van der Waals surface area contributed by atoms with E-state index in [4.69, 9.17) is 4.42 Å². The quantitative estimate of drug-likeness (QED) is 0.510. The number of aromatic nitrogens is 2. The molecule has 0 aliphatic heterocycles. The van der Waals surface area contributed by atoms with Crippen molar-refractivity contribution in [2.45, 2.75) is 16.7 Å². The molecular formula is C19H14N2OS. The number of nitrogens with zero attached hydrogens (tertiary/aromatic N) is 2. The Balaban J connectivity index is 1.78. The summed E-state index contributed by atoms with van der Waals surface area (Å²) >= 11 is 1.66. The van der Waals surface area contributed by atoms with Gasteiger partial charge in [0, 0.05) is 22.2 Å². The molecule has 2 heterocycles. The Bertz CT molecular complexity index is 963. The lowest BCUT2D eigenvalue weighted by molar-refractivity contribution is 0.618. The number of aryl methyl sites for hydroxylation is 1. The van der Waals surface area contributed by atoms with Crippen molar-refractivity contribution in [2.75, 3.05) is 0 Å². The Morgan fingerprint density at radius 1 is 1.00 bits per heavy atom. The van der Waals surface area contributed by atoms with Crippen molar-refractivity contribution in [2.24, 2.45) is 0 Å². The lowest BCUT2D eigenvalue weighted by Gasteiger charge is -2.05. The van der Waals surface area contributed by atoms with E-state index >= 15 is 0 Å². The maximum atomic E-state index is 5.94. The number of pyridine rings is 1. The van der Waals surface area contributed by atoms with Crippen LogP contribution in [-0.2, 0) is 0 Å². The van der Waals surface area contributed by atoms with Crippen LogP contribution in [0.15, 0.2) is 81.2 Å². The van der Waals surface area contributed by atoms with E-state index in [-0.39, 0.29) is 0 Å². The van der Waals surface area contributed by atoms with E-state index in [1.165, 1.54) is 5.56 Å². The highest BCUT2D eigenvalue weighted by atomic mass is 32.2. The standard InChI is InChI=1S/C19H14N2OS/c1-13-7-8-17-16(11-13)21-19(22-17)15-9-10-20-12-18(15)23-14-5-3-2-4-6-14/h2-12H,1H3. The molecule has 0 spiro atoms. The summed E-state index contributed by atoms with van der Waals surface area (Å²) in [7, 11) is 0. The van der Waals surface area contributed by atoms with Crippen molar-refractivity contribution < 1.29 is 4.42 Å². The molecule has 0 aliphatic rings. The number of fused-ring (bicyclic) bond motifs is 1. The Kier molecular flexibility index (Phi) is 3.60. The first-order valence-corrected chi connectivity index (χ1v) is 8.16. The molecular weight excluding hydrogens is 304 g/mol. The molecule has 0 aliphatic carbocycles. The Morgan fingerprint density at radius 2 is 1.87 bits per heavy atom. The van der Waals surface area contributed by atoms with E-state index < -0.39 is 0 Å². The monoisotopic (exact) mass is 318 g/mol. The van der Waals surface area contributed by atoms with Crippen LogP contribution in [-0.4, -0.2) is 9.97 Å². The fourth-order valence-corrected chi connectivity index (χ4v) is 3.33. The normalized spacial score (nSPS) is 11.0. The molecule has 4 aromatic rings. The summed E-state index contributed by atoms with van der Waals surface area (Å²) in [6, 6.07) is 18.2. The summed E-state index contributed by atoms with van der Waals surface area (Å²) in [5.74, 6) is 0.631. The zero-order chi connectivity index (χ0) is 15.6. The molecule has 3 nitrogen and oxygen atoms in total. The minimum Gasteiger partial charge on any atom is -0.436 e. The molecule has 112 valence electrons. The minimum absolute atomic E-state index is 0.631. The van der Waals surface area contributed by atoms with Gasteiger partial charge < -0.3 is 4.42 Å². The molecule has 2 aromatic heterocycles.